The van der Waals surface area contributed by atoms with Crippen LogP contribution in [0.2, 0.25) is 0 Å². The lowest BCUT2D eigenvalue weighted by Crippen LogP contribution is -2.23. The zero-order valence-corrected chi connectivity index (χ0v) is 18.6. The van der Waals surface area contributed by atoms with Crippen LogP contribution in [0.1, 0.15) is 16.9 Å². The first kappa shape index (κ1) is 21.4. The number of carbonyl (C=O) groups excluding carboxylic acids is 1. The monoisotopic (exact) mass is 486 g/mol. The minimum atomic E-state index is -0.462. The maximum atomic E-state index is 12.3. The number of rotatable bonds is 7. The number of ether oxygens (including phenoxy) is 1. The van der Waals surface area contributed by atoms with Crippen molar-refractivity contribution >= 4 is 38.7 Å². The number of amides is 1. The lowest BCUT2D eigenvalue weighted by Gasteiger charge is -2.11. The molecular weight excluding hydrogens is 468 g/mol. The SMILES string of the molecule is N#C/C(=C\c1ccc(OCc2cccc3ccccc23)c(Br)c1)C(=O)NCc1ccco1. The molecule has 158 valence electrons. The van der Waals surface area contributed by atoms with Crippen LogP contribution in [0.25, 0.3) is 16.8 Å². The third-order valence-electron chi connectivity index (χ3n) is 4.90. The molecule has 3 aromatic carbocycles. The smallest absolute Gasteiger partial charge is 0.262 e. The Kier molecular flexibility index (Phi) is 6.69. The van der Waals surface area contributed by atoms with Crippen molar-refractivity contribution < 1.29 is 13.9 Å². The Hall–Kier alpha value is -3.82. The van der Waals surface area contributed by atoms with E-state index in [1.807, 2.05) is 42.5 Å². The van der Waals surface area contributed by atoms with Gasteiger partial charge in [-0.05, 0) is 68.2 Å². The minimum Gasteiger partial charge on any atom is -0.488 e. The van der Waals surface area contributed by atoms with Gasteiger partial charge in [-0.2, -0.15) is 5.26 Å². The molecule has 1 aromatic heterocycles. The van der Waals surface area contributed by atoms with Crippen molar-refractivity contribution in [3.8, 4) is 11.8 Å². The van der Waals surface area contributed by atoms with Crippen molar-refractivity contribution in [2.75, 3.05) is 0 Å². The lowest BCUT2D eigenvalue weighted by atomic mass is 10.1. The van der Waals surface area contributed by atoms with E-state index in [0.29, 0.717) is 23.7 Å². The molecule has 1 amide bonds. The molecule has 4 rings (SSSR count). The van der Waals surface area contributed by atoms with E-state index < -0.39 is 5.91 Å². The van der Waals surface area contributed by atoms with E-state index in [1.54, 1.807) is 18.2 Å². The molecule has 0 saturated carbocycles. The lowest BCUT2D eigenvalue weighted by molar-refractivity contribution is -0.117. The molecule has 0 bridgehead atoms. The molecule has 0 atom stereocenters. The average molecular weight is 487 g/mol. The Labute approximate surface area is 194 Å². The first-order valence-corrected chi connectivity index (χ1v) is 10.7. The van der Waals surface area contributed by atoms with Crippen LogP contribution in [0, 0.1) is 11.3 Å². The van der Waals surface area contributed by atoms with Gasteiger partial charge in [-0.25, -0.2) is 0 Å². The highest BCUT2D eigenvalue weighted by molar-refractivity contribution is 9.10. The predicted molar refractivity (Wildman–Crippen MR) is 127 cm³/mol. The van der Waals surface area contributed by atoms with E-state index in [9.17, 15) is 10.1 Å². The highest BCUT2D eigenvalue weighted by Gasteiger charge is 2.11. The summed E-state index contributed by atoms with van der Waals surface area (Å²) in [5.74, 6) is 0.832. The van der Waals surface area contributed by atoms with Crippen LogP contribution >= 0.6 is 15.9 Å². The minimum absolute atomic E-state index is 0.00730. The number of hydrogen-bond acceptors (Lipinski definition) is 4. The van der Waals surface area contributed by atoms with Crippen LogP contribution in [-0.4, -0.2) is 5.91 Å². The van der Waals surface area contributed by atoms with Gasteiger partial charge in [0.05, 0.1) is 17.3 Å². The number of benzene rings is 3. The quantitative estimate of drug-likeness (QED) is 0.256. The molecule has 6 heteroatoms. The molecule has 0 saturated heterocycles. The molecule has 32 heavy (non-hydrogen) atoms. The Morgan fingerprint density at radius 1 is 1.09 bits per heavy atom. The topological polar surface area (TPSA) is 75.3 Å². The molecule has 0 fully saturated rings. The van der Waals surface area contributed by atoms with Gasteiger partial charge in [0.25, 0.3) is 5.91 Å². The molecule has 0 spiro atoms. The largest absolute Gasteiger partial charge is 0.488 e. The summed E-state index contributed by atoms with van der Waals surface area (Å²) < 4.78 is 11.9. The zero-order chi connectivity index (χ0) is 22.3. The van der Waals surface area contributed by atoms with E-state index in [4.69, 9.17) is 9.15 Å². The second-order valence-electron chi connectivity index (χ2n) is 7.05. The molecular formula is C26H19BrN2O3. The summed E-state index contributed by atoms with van der Waals surface area (Å²) in [6.07, 6.45) is 3.07. The Morgan fingerprint density at radius 2 is 1.94 bits per heavy atom. The zero-order valence-electron chi connectivity index (χ0n) is 17.0. The number of nitrogens with one attached hydrogen (secondary N) is 1. The Balaban J connectivity index is 1.45. The average Bonchev–Trinajstić information content (AvgIpc) is 3.34. The molecule has 0 aliphatic rings. The fourth-order valence-electron chi connectivity index (χ4n) is 3.29. The van der Waals surface area contributed by atoms with E-state index >= 15 is 0 Å². The molecule has 4 aromatic rings. The van der Waals surface area contributed by atoms with Gasteiger partial charge in [-0.1, -0.05) is 48.5 Å². The van der Waals surface area contributed by atoms with Gasteiger partial charge in [-0.3, -0.25) is 4.79 Å². The molecule has 5 nitrogen and oxygen atoms in total. The number of nitriles is 1. The van der Waals surface area contributed by atoms with Crippen molar-refractivity contribution in [1.29, 1.82) is 5.26 Å². The Bertz CT molecular complexity index is 1320. The van der Waals surface area contributed by atoms with Gasteiger partial charge in [-0.15, -0.1) is 0 Å². The van der Waals surface area contributed by atoms with E-state index in [-0.39, 0.29) is 12.1 Å². The van der Waals surface area contributed by atoms with Gasteiger partial charge in [0.2, 0.25) is 0 Å². The summed E-state index contributed by atoms with van der Waals surface area (Å²) in [6, 6.07) is 25.2. The van der Waals surface area contributed by atoms with E-state index in [1.165, 1.54) is 17.7 Å². The molecule has 0 aliphatic carbocycles. The Morgan fingerprint density at radius 3 is 2.72 bits per heavy atom. The number of carbonyl (C=O) groups is 1. The molecule has 0 aliphatic heterocycles. The van der Waals surface area contributed by atoms with Crippen LogP contribution in [0.5, 0.6) is 5.75 Å². The van der Waals surface area contributed by atoms with Crippen molar-refractivity contribution in [2.24, 2.45) is 0 Å². The molecule has 1 heterocycles. The first-order valence-electron chi connectivity index (χ1n) is 9.95. The summed E-state index contributed by atoms with van der Waals surface area (Å²) in [5.41, 5.74) is 1.81. The molecule has 1 N–H and O–H groups in total. The molecule has 0 unspecified atom stereocenters. The summed E-state index contributed by atoms with van der Waals surface area (Å²) in [4.78, 5) is 12.3. The maximum Gasteiger partial charge on any atom is 0.262 e. The third kappa shape index (κ3) is 5.08. The highest BCUT2D eigenvalue weighted by Crippen LogP contribution is 2.29. The van der Waals surface area contributed by atoms with Crippen molar-refractivity contribution in [3.63, 3.8) is 0 Å². The highest BCUT2D eigenvalue weighted by atomic mass is 79.9. The number of nitrogens with zero attached hydrogens (tertiary/aromatic N) is 1. The van der Waals surface area contributed by atoms with Crippen molar-refractivity contribution in [3.05, 3.63) is 106 Å². The number of hydrogen-bond donors (Lipinski definition) is 1. The van der Waals surface area contributed by atoms with Crippen LogP contribution < -0.4 is 10.1 Å². The van der Waals surface area contributed by atoms with E-state index in [2.05, 4.69) is 39.4 Å². The van der Waals surface area contributed by atoms with Crippen molar-refractivity contribution in [2.45, 2.75) is 13.2 Å². The first-order chi connectivity index (χ1) is 15.6. The summed E-state index contributed by atoms with van der Waals surface area (Å²) in [7, 11) is 0. The number of halogens is 1. The van der Waals surface area contributed by atoms with Gasteiger partial charge in [0.15, 0.2) is 0 Å². The fraction of sp³-hybridized carbons (Fsp3) is 0.0769. The fourth-order valence-corrected chi connectivity index (χ4v) is 3.80. The third-order valence-corrected chi connectivity index (χ3v) is 5.52. The number of furan rings is 1. The molecule has 0 radical (unpaired) electrons. The second-order valence-corrected chi connectivity index (χ2v) is 7.90. The normalized spacial score (nSPS) is 11.2. The summed E-state index contributed by atoms with van der Waals surface area (Å²) in [5, 5.41) is 14.4. The second kappa shape index (κ2) is 9.99. The van der Waals surface area contributed by atoms with Crippen LogP contribution in [-0.2, 0) is 17.9 Å². The van der Waals surface area contributed by atoms with Crippen LogP contribution in [0.3, 0.4) is 0 Å². The van der Waals surface area contributed by atoms with Gasteiger partial charge in [0, 0.05) is 0 Å². The summed E-state index contributed by atoms with van der Waals surface area (Å²) in [6.45, 7) is 0.642. The van der Waals surface area contributed by atoms with E-state index in [0.717, 1.165) is 15.4 Å². The standard InChI is InChI=1S/C26H19BrN2O3/c27-24-14-18(13-21(15-28)26(30)29-16-22-8-4-12-31-22)10-11-25(24)32-17-20-7-3-6-19-5-1-2-9-23(19)20/h1-14H,16-17H2,(H,29,30)/b21-13+. The van der Waals surface area contributed by atoms with Crippen LogP contribution in [0.4, 0.5) is 0 Å². The predicted octanol–water partition coefficient (Wildman–Crippen LogP) is 6.00. The maximum absolute atomic E-state index is 12.3. The van der Waals surface area contributed by atoms with Gasteiger partial charge < -0.3 is 14.5 Å². The van der Waals surface area contributed by atoms with Crippen LogP contribution in [0.15, 0.2) is 93.5 Å². The summed E-state index contributed by atoms with van der Waals surface area (Å²) >= 11 is 3.53. The van der Waals surface area contributed by atoms with Crippen molar-refractivity contribution in [1.82, 2.24) is 5.32 Å². The van der Waals surface area contributed by atoms with Gasteiger partial charge in [0.1, 0.15) is 29.8 Å². The van der Waals surface area contributed by atoms with Gasteiger partial charge >= 0.3 is 0 Å². The number of fused-ring (bicyclic) bond motifs is 1.